The molecule has 0 radical (unpaired) electrons. The molecule has 0 bridgehead atoms. The lowest BCUT2D eigenvalue weighted by Crippen LogP contribution is -2.30. The van der Waals surface area contributed by atoms with Gasteiger partial charge in [0.05, 0.1) is 25.9 Å². The van der Waals surface area contributed by atoms with E-state index in [0.717, 1.165) is 16.4 Å². The lowest BCUT2D eigenvalue weighted by Gasteiger charge is -2.23. The van der Waals surface area contributed by atoms with E-state index < -0.39 is 79.2 Å². The first-order chi connectivity index (χ1) is 19.8. The summed E-state index contributed by atoms with van der Waals surface area (Å²) >= 11 is 0. The van der Waals surface area contributed by atoms with Gasteiger partial charge >= 0.3 is 0 Å². The molecule has 42 heavy (non-hydrogen) atoms. The van der Waals surface area contributed by atoms with Gasteiger partial charge in [0.1, 0.15) is 4.90 Å². The maximum absolute atomic E-state index is 14.0. The second-order valence-corrected chi connectivity index (χ2v) is 12.7. The molecule has 0 amide bonds. The number of nitro benzene ring substituents is 2. The molecule has 13 nitrogen and oxygen atoms in total. The lowest BCUT2D eigenvalue weighted by atomic mass is 10.0. The predicted molar refractivity (Wildman–Crippen MR) is 148 cm³/mol. The van der Waals surface area contributed by atoms with E-state index in [0.29, 0.717) is 23.3 Å². The van der Waals surface area contributed by atoms with Crippen molar-refractivity contribution in [3.8, 4) is 11.1 Å². The number of carbonyl (C=O) groups is 1. The third-order valence-corrected chi connectivity index (χ3v) is 9.25. The van der Waals surface area contributed by atoms with E-state index in [1.54, 1.807) is 60.7 Å². The van der Waals surface area contributed by atoms with Crippen molar-refractivity contribution in [2.45, 2.75) is 22.9 Å². The molecule has 1 aliphatic carbocycles. The SMILES string of the molecule is O=C1c2cc(S(=O)(=O)O)cc([N+](=O)[O-])c2-c2c1cc(S(=O)(=O)N(Cc1ccccc1)Cc1ccccc1)cc2[N+](=O)[O-]. The fraction of sp³-hybridized carbons (Fsp3) is 0.0741. The van der Waals surface area contributed by atoms with Gasteiger partial charge in [-0.2, -0.15) is 12.7 Å². The zero-order valence-electron chi connectivity index (χ0n) is 21.3. The topological polar surface area (TPSA) is 195 Å². The summed E-state index contributed by atoms with van der Waals surface area (Å²) < 4.78 is 62.1. The van der Waals surface area contributed by atoms with E-state index in [1.165, 1.54) is 0 Å². The average Bonchev–Trinajstić information content (AvgIpc) is 3.24. The summed E-state index contributed by atoms with van der Waals surface area (Å²) in [7, 11) is -9.55. The molecule has 0 heterocycles. The van der Waals surface area contributed by atoms with Gasteiger partial charge in [-0.15, -0.1) is 0 Å². The summed E-state index contributed by atoms with van der Waals surface area (Å²) in [6, 6.07) is 19.9. The number of rotatable bonds is 9. The summed E-state index contributed by atoms with van der Waals surface area (Å²) in [6.45, 7) is -0.249. The number of benzene rings is 4. The van der Waals surface area contributed by atoms with Gasteiger partial charge in [0.2, 0.25) is 10.0 Å². The van der Waals surface area contributed by atoms with Crippen LogP contribution in [0.4, 0.5) is 11.4 Å². The maximum Gasteiger partial charge on any atom is 0.294 e. The first-order valence-electron chi connectivity index (χ1n) is 12.0. The summed E-state index contributed by atoms with van der Waals surface area (Å²) in [6.07, 6.45) is 0. The number of hydrogen-bond acceptors (Lipinski definition) is 9. The second-order valence-electron chi connectivity index (χ2n) is 9.29. The maximum atomic E-state index is 14.0. The lowest BCUT2D eigenvalue weighted by molar-refractivity contribution is -0.386. The molecule has 0 saturated heterocycles. The van der Waals surface area contributed by atoms with Gasteiger partial charge < -0.3 is 0 Å². The van der Waals surface area contributed by atoms with Crippen LogP contribution in [0.5, 0.6) is 0 Å². The minimum Gasteiger partial charge on any atom is -0.289 e. The Morgan fingerprint density at radius 3 is 1.48 bits per heavy atom. The Labute approximate surface area is 238 Å². The number of sulfonamides is 1. The van der Waals surface area contributed by atoms with Crippen LogP contribution in [-0.2, 0) is 33.2 Å². The molecule has 0 fully saturated rings. The summed E-state index contributed by atoms with van der Waals surface area (Å²) in [5.74, 6) is -1.08. The van der Waals surface area contributed by atoms with E-state index in [-0.39, 0.29) is 13.1 Å². The molecule has 5 rings (SSSR count). The molecule has 0 atom stereocenters. The summed E-state index contributed by atoms with van der Waals surface area (Å²) in [4.78, 5) is 33.9. The normalized spacial score (nSPS) is 12.7. The van der Waals surface area contributed by atoms with Gasteiger partial charge in [-0.1, -0.05) is 60.7 Å². The monoisotopic (exact) mass is 609 g/mol. The zero-order valence-corrected chi connectivity index (χ0v) is 22.9. The Morgan fingerprint density at radius 2 is 1.07 bits per heavy atom. The standard InChI is InChI=1S/C27H19N3O10S2/c31-27-21-11-19(41(36,37)28(15-17-7-3-1-4-8-17)16-18-9-5-2-6-10-18)13-23(29(32)33)25(21)26-22(27)12-20(42(38,39)40)14-24(26)30(34)35/h1-14H,15-16H2,(H,38,39,40). The van der Waals surface area contributed by atoms with Gasteiger partial charge in [-0.25, -0.2) is 8.42 Å². The van der Waals surface area contributed by atoms with E-state index >= 15 is 0 Å². The predicted octanol–water partition coefficient (Wildman–Crippen LogP) is 4.35. The zero-order chi connectivity index (χ0) is 30.4. The van der Waals surface area contributed by atoms with Crippen molar-refractivity contribution in [1.29, 1.82) is 0 Å². The van der Waals surface area contributed by atoms with Crippen LogP contribution in [0, 0.1) is 20.2 Å². The average molecular weight is 610 g/mol. The molecular formula is C27H19N3O10S2. The van der Waals surface area contributed by atoms with Crippen molar-refractivity contribution in [3.63, 3.8) is 0 Å². The highest BCUT2D eigenvalue weighted by Gasteiger charge is 2.42. The molecular weight excluding hydrogens is 590 g/mol. The Hall–Kier alpha value is -4.83. The van der Waals surface area contributed by atoms with Crippen LogP contribution in [0.3, 0.4) is 0 Å². The van der Waals surface area contributed by atoms with Gasteiger partial charge in [0.15, 0.2) is 5.78 Å². The smallest absolute Gasteiger partial charge is 0.289 e. The quantitative estimate of drug-likeness (QED) is 0.142. The highest BCUT2D eigenvalue weighted by Crippen LogP contribution is 2.49. The van der Waals surface area contributed by atoms with Gasteiger partial charge in [0, 0.05) is 36.3 Å². The molecule has 0 spiro atoms. The Morgan fingerprint density at radius 1 is 0.667 bits per heavy atom. The van der Waals surface area contributed by atoms with Crippen LogP contribution in [0.25, 0.3) is 11.1 Å². The van der Waals surface area contributed by atoms with E-state index in [9.17, 15) is 46.4 Å². The van der Waals surface area contributed by atoms with Crippen LogP contribution in [0.15, 0.2) is 94.7 Å². The van der Waals surface area contributed by atoms with Crippen LogP contribution >= 0.6 is 0 Å². The second kappa shape index (κ2) is 10.5. The minimum atomic E-state index is -5.01. The molecule has 4 aromatic carbocycles. The van der Waals surface area contributed by atoms with Crippen LogP contribution in [0.2, 0.25) is 0 Å². The molecule has 0 saturated carbocycles. The molecule has 0 aliphatic heterocycles. The van der Waals surface area contributed by atoms with Crippen LogP contribution in [0.1, 0.15) is 27.0 Å². The first-order valence-corrected chi connectivity index (χ1v) is 14.9. The molecule has 1 aliphatic rings. The summed E-state index contributed by atoms with van der Waals surface area (Å²) in [5.41, 5.74) is -2.86. The molecule has 4 aromatic rings. The summed E-state index contributed by atoms with van der Waals surface area (Å²) in [5, 5.41) is 24.0. The number of nitro groups is 2. The van der Waals surface area contributed by atoms with E-state index in [4.69, 9.17) is 0 Å². The number of fused-ring (bicyclic) bond motifs is 3. The molecule has 0 aromatic heterocycles. The number of nitrogens with zero attached hydrogens (tertiary/aromatic N) is 3. The van der Waals surface area contributed by atoms with E-state index in [1.807, 2.05) is 0 Å². The van der Waals surface area contributed by atoms with Crippen molar-refractivity contribution in [1.82, 2.24) is 4.31 Å². The van der Waals surface area contributed by atoms with Crippen molar-refractivity contribution in [3.05, 3.63) is 127 Å². The van der Waals surface area contributed by atoms with Crippen LogP contribution in [-0.4, -0.2) is 41.3 Å². The van der Waals surface area contributed by atoms with E-state index in [2.05, 4.69) is 0 Å². The number of ketones is 1. The highest BCUT2D eigenvalue weighted by molar-refractivity contribution is 7.89. The highest BCUT2D eigenvalue weighted by atomic mass is 32.2. The molecule has 15 heteroatoms. The first kappa shape index (κ1) is 28.7. The third-order valence-electron chi connectivity index (χ3n) is 6.65. The Bertz CT molecular complexity index is 1960. The molecule has 0 unspecified atom stereocenters. The van der Waals surface area contributed by atoms with Gasteiger partial charge in [-0.3, -0.25) is 29.6 Å². The Kier molecular flexibility index (Phi) is 7.20. The number of hydrogen-bond donors (Lipinski definition) is 1. The Balaban J connectivity index is 1.71. The molecule has 1 N–H and O–H groups in total. The number of carbonyl (C=O) groups excluding carboxylic acids is 1. The van der Waals surface area contributed by atoms with Gasteiger partial charge in [-0.05, 0) is 23.3 Å². The van der Waals surface area contributed by atoms with Gasteiger partial charge in [0.25, 0.3) is 21.5 Å². The fourth-order valence-electron chi connectivity index (χ4n) is 4.77. The fourth-order valence-corrected chi connectivity index (χ4v) is 6.76. The largest absolute Gasteiger partial charge is 0.294 e. The van der Waals surface area contributed by atoms with Crippen molar-refractivity contribution in [2.24, 2.45) is 0 Å². The third kappa shape index (κ3) is 5.16. The van der Waals surface area contributed by atoms with Crippen molar-refractivity contribution in [2.75, 3.05) is 0 Å². The minimum absolute atomic E-state index is 0.125. The van der Waals surface area contributed by atoms with Crippen molar-refractivity contribution < 1.29 is 36.0 Å². The van der Waals surface area contributed by atoms with Crippen LogP contribution < -0.4 is 0 Å². The molecule has 214 valence electrons. The van der Waals surface area contributed by atoms with Crippen molar-refractivity contribution >= 4 is 37.3 Å².